The third-order valence-corrected chi connectivity index (χ3v) is 5.67. The molecule has 1 aliphatic heterocycles. The van der Waals surface area contributed by atoms with E-state index >= 15 is 0 Å². The summed E-state index contributed by atoms with van der Waals surface area (Å²) in [6.45, 7) is 0.328. The van der Waals surface area contributed by atoms with Gasteiger partial charge in [0.15, 0.2) is 34.9 Å². The van der Waals surface area contributed by atoms with Crippen LogP contribution in [0.1, 0.15) is 11.9 Å². The maximum atomic E-state index is 6.06. The average Bonchev–Trinajstić information content (AvgIpc) is 3.38. The van der Waals surface area contributed by atoms with Gasteiger partial charge in [0.1, 0.15) is 11.6 Å². The Bertz CT molecular complexity index is 1200. The van der Waals surface area contributed by atoms with Crippen LogP contribution in [0.5, 0.6) is 28.7 Å². The standard InChI is InChI=1S/C20H18N4O5S/c1-25-14-8-11(9-15(26-2)17(14)27-3)19-23-24-18(21-22-20(24)30-19)16-10-28-12-6-4-5-7-13(12)29-16/h4-9,16H,10H2,1-3H3/t16-/m1/s1. The molecule has 4 aromatic rings. The number of aromatic nitrogens is 4. The van der Waals surface area contributed by atoms with E-state index in [-0.39, 0.29) is 0 Å². The first kappa shape index (κ1) is 18.5. The molecule has 3 heterocycles. The number of methoxy groups -OCH3 is 3. The molecule has 9 nitrogen and oxygen atoms in total. The van der Waals surface area contributed by atoms with Crippen LogP contribution in [0.25, 0.3) is 15.5 Å². The van der Waals surface area contributed by atoms with Crippen LogP contribution in [0, 0.1) is 0 Å². The van der Waals surface area contributed by atoms with Crippen molar-refractivity contribution in [1.29, 1.82) is 0 Å². The summed E-state index contributed by atoms with van der Waals surface area (Å²) >= 11 is 1.40. The van der Waals surface area contributed by atoms with Crippen molar-refractivity contribution < 1.29 is 23.7 Å². The summed E-state index contributed by atoms with van der Waals surface area (Å²) in [6, 6.07) is 11.2. The first-order valence-corrected chi connectivity index (χ1v) is 9.94. The van der Waals surface area contributed by atoms with Crippen LogP contribution in [0.2, 0.25) is 0 Å². The van der Waals surface area contributed by atoms with Gasteiger partial charge < -0.3 is 23.7 Å². The van der Waals surface area contributed by atoms with Crippen molar-refractivity contribution >= 4 is 16.3 Å². The lowest BCUT2D eigenvalue weighted by Gasteiger charge is -2.24. The molecule has 0 amide bonds. The van der Waals surface area contributed by atoms with Gasteiger partial charge in [-0.25, -0.2) is 0 Å². The lowest BCUT2D eigenvalue weighted by molar-refractivity contribution is 0.0836. The summed E-state index contributed by atoms with van der Waals surface area (Å²) in [5, 5.41) is 14.0. The van der Waals surface area contributed by atoms with E-state index in [0.29, 0.717) is 46.1 Å². The molecule has 2 aromatic heterocycles. The van der Waals surface area contributed by atoms with E-state index in [4.69, 9.17) is 28.8 Å². The average molecular weight is 426 g/mol. The second-order valence-electron chi connectivity index (χ2n) is 6.44. The molecule has 0 aliphatic carbocycles. The number of fused-ring (bicyclic) bond motifs is 2. The summed E-state index contributed by atoms with van der Waals surface area (Å²) in [6.07, 6.45) is -0.412. The third-order valence-electron chi connectivity index (χ3n) is 4.72. The predicted molar refractivity (Wildman–Crippen MR) is 109 cm³/mol. The van der Waals surface area contributed by atoms with Crippen LogP contribution >= 0.6 is 11.3 Å². The monoisotopic (exact) mass is 426 g/mol. The Kier molecular flexibility index (Phi) is 4.55. The predicted octanol–water partition coefficient (Wildman–Crippen LogP) is 3.39. The van der Waals surface area contributed by atoms with Crippen LogP contribution in [0.15, 0.2) is 36.4 Å². The van der Waals surface area contributed by atoms with E-state index in [1.54, 1.807) is 25.8 Å². The van der Waals surface area contributed by atoms with E-state index in [9.17, 15) is 0 Å². The maximum absolute atomic E-state index is 6.06. The summed E-state index contributed by atoms with van der Waals surface area (Å²) < 4.78 is 29.9. The minimum Gasteiger partial charge on any atom is -0.493 e. The van der Waals surface area contributed by atoms with Crippen molar-refractivity contribution in [3.8, 4) is 39.3 Å². The van der Waals surface area contributed by atoms with Gasteiger partial charge in [-0.15, -0.1) is 10.2 Å². The van der Waals surface area contributed by atoms with Gasteiger partial charge in [-0.1, -0.05) is 23.5 Å². The van der Waals surface area contributed by atoms with E-state index in [0.717, 1.165) is 10.6 Å². The highest BCUT2D eigenvalue weighted by molar-refractivity contribution is 7.19. The quantitative estimate of drug-likeness (QED) is 0.480. The Morgan fingerprint density at radius 3 is 2.43 bits per heavy atom. The van der Waals surface area contributed by atoms with Gasteiger partial charge in [0.25, 0.3) is 0 Å². The number of ether oxygens (including phenoxy) is 5. The summed E-state index contributed by atoms with van der Waals surface area (Å²) in [5.41, 5.74) is 0.817. The number of para-hydroxylation sites is 2. The molecule has 10 heteroatoms. The molecule has 5 rings (SSSR count). The van der Waals surface area contributed by atoms with Crippen LogP contribution < -0.4 is 23.7 Å². The fraction of sp³-hybridized carbons (Fsp3) is 0.250. The molecular formula is C20H18N4O5S. The molecule has 0 N–H and O–H groups in total. The Morgan fingerprint density at radius 2 is 1.73 bits per heavy atom. The second-order valence-corrected chi connectivity index (χ2v) is 7.39. The van der Waals surface area contributed by atoms with Gasteiger partial charge >= 0.3 is 0 Å². The van der Waals surface area contributed by atoms with Crippen molar-refractivity contribution in [1.82, 2.24) is 19.8 Å². The normalized spacial score (nSPS) is 15.2. The molecule has 0 fully saturated rings. The second kappa shape index (κ2) is 7.38. The van der Waals surface area contributed by atoms with Gasteiger partial charge in [0.2, 0.25) is 10.7 Å². The maximum Gasteiger partial charge on any atom is 0.235 e. The number of benzene rings is 2. The Hall–Kier alpha value is -3.53. The van der Waals surface area contributed by atoms with Crippen molar-refractivity contribution in [2.45, 2.75) is 6.10 Å². The Balaban J connectivity index is 1.53. The molecule has 0 saturated carbocycles. The zero-order valence-corrected chi connectivity index (χ0v) is 17.3. The summed E-state index contributed by atoms with van der Waals surface area (Å²) in [5.74, 6) is 3.60. The molecule has 1 atom stereocenters. The zero-order valence-electron chi connectivity index (χ0n) is 16.5. The highest BCUT2D eigenvalue weighted by Gasteiger charge is 2.28. The number of hydrogen-bond acceptors (Lipinski definition) is 9. The molecule has 0 bridgehead atoms. The minimum absolute atomic E-state index is 0.328. The van der Waals surface area contributed by atoms with E-state index in [1.807, 2.05) is 36.4 Å². The fourth-order valence-corrected chi connectivity index (χ4v) is 4.13. The van der Waals surface area contributed by atoms with Crippen molar-refractivity contribution in [2.75, 3.05) is 27.9 Å². The molecule has 30 heavy (non-hydrogen) atoms. The molecular weight excluding hydrogens is 408 g/mol. The molecule has 0 unspecified atom stereocenters. The lowest BCUT2D eigenvalue weighted by atomic mass is 10.2. The summed E-state index contributed by atoms with van der Waals surface area (Å²) in [4.78, 5) is 0.649. The molecule has 154 valence electrons. The topological polar surface area (TPSA) is 89.2 Å². The molecule has 0 spiro atoms. The van der Waals surface area contributed by atoms with Crippen LogP contribution in [0.3, 0.4) is 0 Å². The van der Waals surface area contributed by atoms with Crippen molar-refractivity contribution in [3.05, 3.63) is 42.2 Å². The number of nitrogens with zero attached hydrogens (tertiary/aromatic N) is 4. The van der Waals surface area contributed by atoms with Gasteiger partial charge in [0, 0.05) is 5.56 Å². The highest BCUT2D eigenvalue weighted by Crippen LogP contribution is 2.42. The fourth-order valence-electron chi connectivity index (χ4n) is 3.30. The van der Waals surface area contributed by atoms with E-state index in [2.05, 4.69) is 10.2 Å². The highest BCUT2D eigenvalue weighted by atomic mass is 32.1. The first-order chi connectivity index (χ1) is 14.7. The van der Waals surface area contributed by atoms with Crippen LogP contribution in [0.4, 0.5) is 0 Å². The SMILES string of the molecule is COc1cc(-c2nn3c([C@H]4COc5ccccc5O4)nnc3s2)cc(OC)c1OC. The lowest BCUT2D eigenvalue weighted by Crippen LogP contribution is -2.23. The number of rotatable bonds is 5. The van der Waals surface area contributed by atoms with Crippen LogP contribution in [-0.2, 0) is 0 Å². The van der Waals surface area contributed by atoms with Gasteiger partial charge in [-0.05, 0) is 24.3 Å². The smallest absolute Gasteiger partial charge is 0.235 e. The summed E-state index contributed by atoms with van der Waals surface area (Å²) in [7, 11) is 4.73. The first-order valence-electron chi connectivity index (χ1n) is 9.12. The molecule has 0 saturated heterocycles. The van der Waals surface area contributed by atoms with Crippen LogP contribution in [-0.4, -0.2) is 47.7 Å². The third kappa shape index (κ3) is 2.96. The number of hydrogen-bond donors (Lipinski definition) is 0. The Morgan fingerprint density at radius 1 is 1.00 bits per heavy atom. The zero-order chi connectivity index (χ0) is 20.7. The van der Waals surface area contributed by atoms with Crippen molar-refractivity contribution in [2.24, 2.45) is 0 Å². The van der Waals surface area contributed by atoms with Gasteiger partial charge in [0.05, 0.1) is 21.3 Å². The van der Waals surface area contributed by atoms with Crippen molar-refractivity contribution in [3.63, 3.8) is 0 Å². The van der Waals surface area contributed by atoms with Gasteiger partial charge in [-0.3, -0.25) is 0 Å². The largest absolute Gasteiger partial charge is 0.493 e. The minimum atomic E-state index is -0.412. The molecule has 2 aromatic carbocycles. The molecule has 1 aliphatic rings. The van der Waals surface area contributed by atoms with Gasteiger partial charge in [-0.2, -0.15) is 9.61 Å². The molecule has 0 radical (unpaired) electrons. The van der Waals surface area contributed by atoms with E-state index in [1.165, 1.54) is 11.3 Å². The van der Waals surface area contributed by atoms with E-state index < -0.39 is 6.10 Å². The Labute approximate surface area is 175 Å².